The number of thiophene rings is 1. The normalized spacial score (nSPS) is 15.7. The van der Waals surface area contributed by atoms with Crippen molar-refractivity contribution in [3.63, 3.8) is 0 Å². The number of fused-ring (bicyclic) bond motifs is 1. The van der Waals surface area contributed by atoms with E-state index in [2.05, 4.69) is 9.88 Å². The maximum atomic E-state index is 13.8. The highest BCUT2D eigenvalue weighted by atomic mass is 35.5. The first kappa shape index (κ1) is 15.8. The van der Waals surface area contributed by atoms with E-state index in [9.17, 15) is 4.39 Å². The third-order valence-electron chi connectivity index (χ3n) is 4.37. The van der Waals surface area contributed by atoms with E-state index < -0.39 is 5.82 Å². The van der Waals surface area contributed by atoms with Crippen LogP contribution in [0.4, 0.5) is 10.2 Å². The minimum Gasteiger partial charge on any atom is -0.355 e. The number of anilines is 1. The Morgan fingerprint density at radius 1 is 1.04 bits per heavy atom. The lowest BCUT2D eigenvalue weighted by molar-refractivity contribution is 0.628. The van der Waals surface area contributed by atoms with Crippen molar-refractivity contribution in [2.45, 2.75) is 25.7 Å². The van der Waals surface area contributed by atoms with E-state index in [1.54, 1.807) is 23.5 Å². The second-order valence-electron chi connectivity index (χ2n) is 6.04. The Labute approximate surface area is 149 Å². The molecule has 0 N–H and O–H groups in total. The van der Waals surface area contributed by atoms with Crippen molar-refractivity contribution in [2.24, 2.45) is 0 Å². The van der Waals surface area contributed by atoms with Crippen molar-refractivity contribution >= 4 is 39.0 Å². The Morgan fingerprint density at radius 2 is 1.83 bits per heavy atom. The lowest BCUT2D eigenvalue weighted by atomic mass is 10.2. The summed E-state index contributed by atoms with van der Waals surface area (Å²) in [5.74, 6) is 1.08. The predicted octanol–water partition coefficient (Wildman–Crippen LogP) is 5.53. The maximum Gasteiger partial charge on any atom is 0.162 e. The highest BCUT2D eigenvalue weighted by Crippen LogP contribution is 2.33. The molecule has 1 saturated heterocycles. The van der Waals surface area contributed by atoms with Crippen LogP contribution >= 0.6 is 22.9 Å². The van der Waals surface area contributed by atoms with Gasteiger partial charge in [-0.05, 0) is 42.5 Å². The molecule has 0 unspecified atom stereocenters. The molecule has 4 rings (SSSR count). The van der Waals surface area contributed by atoms with Gasteiger partial charge in [-0.2, -0.15) is 0 Å². The number of benzene rings is 1. The fourth-order valence-corrected chi connectivity index (χ4v) is 4.07. The molecule has 24 heavy (non-hydrogen) atoms. The molecule has 0 aliphatic carbocycles. The smallest absolute Gasteiger partial charge is 0.162 e. The molecular formula is C18H17ClFN3S. The molecule has 0 bridgehead atoms. The zero-order valence-corrected chi connectivity index (χ0v) is 14.7. The van der Waals surface area contributed by atoms with Crippen LogP contribution in [0.2, 0.25) is 5.02 Å². The van der Waals surface area contributed by atoms with Gasteiger partial charge < -0.3 is 4.90 Å². The van der Waals surface area contributed by atoms with Gasteiger partial charge in [0.25, 0.3) is 0 Å². The quantitative estimate of drug-likeness (QED) is 0.600. The average Bonchev–Trinajstić information content (AvgIpc) is 2.90. The molecular weight excluding hydrogens is 345 g/mol. The molecule has 3 aromatic rings. The van der Waals surface area contributed by atoms with Crippen LogP contribution in [0, 0.1) is 5.82 Å². The Hall–Kier alpha value is -1.72. The minimum absolute atomic E-state index is 0.114. The van der Waals surface area contributed by atoms with E-state index in [4.69, 9.17) is 16.6 Å². The van der Waals surface area contributed by atoms with Gasteiger partial charge in [0, 0.05) is 18.7 Å². The van der Waals surface area contributed by atoms with Gasteiger partial charge in [0.05, 0.1) is 15.2 Å². The summed E-state index contributed by atoms with van der Waals surface area (Å²) in [6.07, 6.45) is 4.90. The number of hydrogen-bond acceptors (Lipinski definition) is 4. The van der Waals surface area contributed by atoms with E-state index in [1.807, 2.05) is 11.4 Å². The van der Waals surface area contributed by atoms with Crippen molar-refractivity contribution < 1.29 is 4.39 Å². The van der Waals surface area contributed by atoms with Gasteiger partial charge in [-0.1, -0.05) is 24.4 Å². The molecule has 0 saturated carbocycles. The van der Waals surface area contributed by atoms with Gasteiger partial charge >= 0.3 is 0 Å². The molecule has 1 aliphatic heterocycles. The highest BCUT2D eigenvalue weighted by Gasteiger charge is 2.18. The standard InChI is InChI=1S/C18H17ClFN3S/c19-13-6-5-12(11-14(13)20)17-21-15-7-10-24-16(15)18(22-17)23-8-3-1-2-4-9-23/h5-7,10-11H,1-4,8-9H2. The van der Waals surface area contributed by atoms with Crippen molar-refractivity contribution in [1.82, 2.24) is 9.97 Å². The first-order chi connectivity index (χ1) is 11.7. The fraction of sp³-hybridized carbons (Fsp3) is 0.333. The molecule has 2 aromatic heterocycles. The number of nitrogens with zero attached hydrogens (tertiary/aromatic N) is 3. The molecule has 1 aromatic carbocycles. The summed E-state index contributed by atoms with van der Waals surface area (Å²) in [5.41, 5.74) is 1.57. The van der Waals surface area contributed by atoms with Gasteiger partial charge in [-0.3, -0.25) is 0 Å². The van der Waals surface area contributed by atoms with Gasteiger partial charge in [0.15, 0.2) is 11.6 Å². The van der Waals surface area contributed by atoms with Crippen LogP contribution < -0.4 is 4.90 Å². The maximum absolute atomic E-state index is 13.8. The SMILES string of the molecule is Fc1cc(-c2nc(N3CCCCCC3)c3sccc3n2)ccc1Cl. The molecule has 3 heterocycles. The van der Waals surface area contributed by atoms with Crippen molar-refractivity contribution in [3.8, 4) is 11.4 Å². The van der Waals surface area contributed by atoms with E-state index in [0.29, 0.717) is 11.4 Å². The summed E-state index contributed by atoms with van der Waals surface area (Å²) in [7, 11) is 0. The zero-order valence-electron chi connectivity index (χ0n) is 13.1. The molecule has 0 spiro atoms. The van der Waals surface area contributed by atoms with Crippen molar-refractivity contribution in [3.05, 3.63) is 40.5 Å². The summed E-state index contributed by atoms with van der Waals surface area (Å²) in [4.78, 5) is 11.8. The summed E-state index contributed by atoms with van der Waals surface area (Å²) in [5, 5.41) is 2.15. The van der Waals surface area contributed by atoms with Crippen molar-refractivity contribution in [2.75, 3.05) is 18.0 Å². The molecule has 3 nitrogen and oxygen atoms in total. The van der Waals surface area contributed by atoms with Crippen LogP contribution in [0.5, 0.6) is 0 Å². The van der Waals surface area contributed by atoms with Crippen LogP contribution in [-0.4, -0.2) is 23.1 Å². The molecule has 124 valence electrons. The first-order valence-electron chi connectivity index (χ1n) is 8.18. The third kappa shape index (κ3) is 2.98. The Bertz CT molecular complexity index is 872. The van der Waals surface area contributed by atoms with E-state index in [0.717, 1.165) is 29.1 Å². The highest BCUT2D eigenvalue weighted by molar-refractivity contribution is 7.17. The number of halogens is 2. The second-order valence-corrected chi connectivity index (χ2v) is 7.36. The third-order valence-corrected chi connectivity index (χ3v) is 5.58. The van der Waals surface area contributed by atoms with Crippen LogP contribution in [0.15, 0.2) is 29.6 Å². The lowest BCUT2D eigenvalue weighted by Gasteiger charge is -2.22. The molecule has 1 aliphatic rings. The minimum atomic E-state index is -0.445. The molecule has 0 atom stereocenters. The van der Waals surface area contributed by atoms with Crippen LogP contribution in [-0.2, 0) is 0 Å². The van der Waals surface area contributed by atoms with E-state index >= 15 is 0 Å². The average molecular weight is 362 g/mol. The Kier molecular flexibility index (Phi) is 4.37. The van der Waals surface area contributed by atoms with Crippen LogP contribution in [0.1, 0.15) is 25.7 Å². The number of hydrogen-bond donors (Lipinski definition) is 0. The number of aromatic nitrogens is 2. The second kappa shape index (κ2) is 6.65. The van der Waals surface area contributed by atoms with E-state index in [-0.39, 0.29) is 5.02 Å². The van der Waals surface area contributed by atoms with E-state index in [1.165, 1.54) is 31.7 Å². The topological polar surface area (TPSA) is 29.0 Å². The van der Waals surface area contributed by atoms with Crippen molar-refractivity contribution in [1.29, 1.82) is 0 Å². The number of rotatable bonds is 2. The van der Waals surface area contributed by atoms with Crippen LogP contribution in [0.25, 0.3) is 21.6 Å². The summed E-state index contributed by atoms with van der Waals surface area (Å²) >= 11 is 7.46. The summed E-state index contributed by atoms with van der Waals surface area (Å²) < 4.78 is 14.9. The Morgan fingerprint density at radius 3 is 2.58 bits per heavy atom. The largest absolute Gasteiger partial charge is 0.355 e. The Balaban J connectivity index is 1.83. The molecule has 6 heteroatoms. The lowest BCUT2D eigenvalue weighted by Crippen LogP contribution is -2.25. The zero-order chi connectivity index (χ0) is 16.5. The fourth-order valence-electron chi connectivity index (χ4n) is 3.11. The summed E-state index contributed by atoms with van der Waals surface area (Å²) in [6, 6.07) is 6.73. The molecule has 0 radical (unpaired) electrons. The van der Waals surface area contributed by atoms with Gasteiger partial charge in [0.2, 0.25) is 0 Å². The van der Waals surface area contributed by atoms with Gasteiger partial charge in [-0.25, -0.2) is 14.4 Å². The monoisotopic (exact) mass is 361 g/mol. The first-order valence-corrected chi connectivity index (χ1v) is 9.44. The predicted molar refractivity (Wildman–Crippen MR) is 98.5 cm³/mol. The van der Waals surface area contributed by atoms with Crippen LogP contribution in [0.3, 0.4) is 0 Å². The summed E-state index contributed by atoms with van der Waals surface area (Å²) in [6.45, 7) is 2.02. The molecule has 1 fully saturated rings. The van der Waals surface area contributed by atoms with Gasteiger partial charge in [-0.15, -0.1) is 11.3 Å². The molecule has 0 amide bonds. The van der Waals surface area contributed by atoms with Gasteiger partial charge in [0.1, 0.15) is 5.82 Å².